The average Bonchev–Trinajstić information content (AvgIpc) is 3.93. The largest absolute Gasteiger partial charge is 0.309 e. The van der Waals surface area contributed by atoms with Gasteiger partial charge in [0.25, 0.3) is 0 Å². The minimum Gasteiger partial charge on any atom is -0.309 e. The van der Waals surface area contributed by atoms with Crippen molar-refractivity contribution in [1.29, 1.82) is 0 Å². The van der Waals surface area contributed by atoms with Gasteiger partial charge in [-0.15, -0.1) is 0 Å². The highest BCUT2D eigenvalue weighted by Crippen LogP contribution is 2.43. The molecule has 2 heteroatoms. The molecule has 0 aliphatic heterocycles. The Labute approximate surface area is 391 Å². The first-order chi connectivity index (χ1) is 33.7. The lowest BCUT2D eigenvalue weighted by atomic mass is 9.90. The van der Waals surface area contributed by atoms with Crippen molar-refractivity contribution in [2.45, 2.75) is 0 Å². The predicted octanol–water partition coefficient (Wildman–Crippen LogP) is 18.1. The molecule has 0 spiro atoms. The molecule has 0 aliphatic carbocycles. The number of para-hydroxylation sites is 3. The number of benzene rings is 13. The maximum absolute atomic E-state index is 2.46. The van der Waals surface area contributed by atoms with E-state index in [-0.39, 0.29) is 0 Å². The fourth-order valence-electron chi connectivity index (χ4n) is 11.8. The first-order valence-corrected chi connectivity index (χ1v) is 23.6. The molecule has 13 aromatic carbocycles. The highest BCUT2D eigenvalue weighted by Gasteiger charge is 2.18. The Kier molecular flexibility index (Phi) is 7.81. The van der Waals surface area contributed by atoms with Gasteiger partial charge in [0.1, 0.15) is 0 Å². The molecule has 0 N–H and O–H groups in total. The first-order valence-electron chi connectivity index (χ1n) is 23.6. The average molecular weight is 861 g/mol. The SMILES string of the molecule is c1ccc(-n2c3ccccc3c3cc(-c4ccc5c(c4)c4ccccc4n5-c4ccc5c6ccccc6c6cc(-c7ccc8c9ccccc9c9ccccc9c8c7)ccc6c5c4)ccc32)cc1. The van der Waals surface area contributed by atoms with Gasteiger partial charge in [-0.05, 0) is 160 Å². The van der Waals surface area contributed by atoms with Gasteiger partial charge in [-0.25, -0.2) is 0 Å². The summed E-state index contributed by atoms with van der Waals surface area (Å²) in [5.41, 5.74) is 12.0. The van der Waals surface area contributed by atoms with Crippen LogP contribution in [0.5, 0.6) is 0 Å². The van der Waals surface area contributed by atoms with Crippen molar-refractivity contribution in [3.05, 3.63) is 243 Å². The maximum Gasteiger partial charge on any atom is 0.0541 e. The third-order valence-corrected chi connectivity index (χ3v) is 14.8. The second-order valence-electron chi connectivity index (χ2n) is 18.4. The molecule has 0 bridgehead atoms. The molecule has 2 heterocycles. The molecule has 2 nitrogen and oxygen atoms in total. The Bertz CT molecular complexity index is 4570. The number of hydrogen-bond acceptors (Lipinski definition) is 0. The molecule has 0 saturated heterocycles. The van der Waals surface area contributed by atoms with Crippen molar-refractivity contribution in [2.75, 3.05) is 0 Å². The summed E-state index contributed by atoms with van der Waals surface area (Å²) in [6, 6.07) is 90.1. The van der Waals surface area contributed by atoms with E-state index in [9.17, 15) is 0 Å². The van der Waals surface area contributed by atoms with Crippen LogP contribution in [0.4, 0.5) is 0 Å². The predicted molar refractivity (Wildman–Crippen MR) is 291 cm³/mol. The van der Waals surface area contributed by atoms with Gasteiger partial charge in [0, 0.05) is 32.9 Å². The monoisotopic (exact) mass is 860 g/mol. The molecule has 15 rings (SSSR count). The standard InChI is InChI=1S/C66H40N2/c1-2-14-45(15-3-1)67-63-24-12-10-22-56(63)61-38-43(28-34-65(61)67)44-29-35-66-62(39-44)57-23-11-13-25-64(57)68(66)46-30-33-54-50-19-7-9-21-52(50)59-37-42(27-32-55(59)60(54)40-46)41-26-31-53-49-18-5-4-16-47(49)48-17-6-8-20-51(48)58(53)36-41/h1-40H. The van der Waals surface area contributed by atoms with E-state index in [0.29, 0.717) is 0 Å². The fourth-order valence-corrected chi connectivity index (χ4v) is 11.8. The van der Waals surface area contributed by atoms with E-state index in [2.05, 4.69) is 252 Å². The Morgan fingerprint density at radius 2 is 0.456 bits per heavy atom. The molecule has 0 aliphatic rings. The van der Waals surface area contributed by atoms with Gasteiger partial charge >= 0.3 is 0 Å². The Morgan fingerprint density at radius 3 is 0.926 bits per heavy atom. The van der Waals surface area contributed by atoms with Gasteiger partial charge < -0.3 is 9.13 Å². The summed E-state index contributed by atoms with van der Waals surface area (Å²) in [5, 5.41) is 20.4. The second kappa shape index (κ2) is 14.3. The molecule has 68 heavy (non-hydrogen) atoms. The maximum atomic E-state index is 2.46. The van der Waals surface area contributed by atoms with E-state index in [1.165, 1.54) is 136 Å². The topological polar surface area (TPSA) is 9.86 Å². The van der Waals surface area contributed by atoms with Crippen LogP contribution in [0.1, 0.15) is 0 Å². The smallest absolute Gasteiger partial charge is 0.0541 e. The molecule has 0 radical (unpaired) electrons. The van der Waals surface area contributed by atoms with Crippen molar-refractivity contribution < 1.29 is 0 Å². The summed E-state index contributed by atoms with van der Waals surface area (Å²) in [7, 11) is 0. The van der Waals surface area contributed by atoms with Gasteiger partial charge in [-0.1, -0.05) is 170 Å². The van der Waals surface area contributed by atoms with Crippen molar-refractivity contribution in [1.82, 2.24) is 9.13 Å². The van der Waals surface area contributed by atoms with Gasteiger partial charge in [-0.2, -0.15) is 0 Å². The highest BCUT2D eigenvalue weighted by atomic mass is 15.0. The van der Waals surface area contributed by atoms with Crippen LogP contribution in [-0.2, 0) is 0 Å². The van der Waals surface area contributed by atoms with Crippen LogP contribution in [0.2, 0.25) is 0 Å². The Hall–Kier alpha value is -8.98. The zero-order valence-corrected chi connectivity index (χ0v) is 37.0. The van der Waals surface area contributed by atoms with Crippen LogP contribution in [0.3, 0.4) is 0 Å². The van der Waals surface area contributed by atoms with Crippen LogP contribution >= 0.6 is 0 Å². The summed E-state index contributed by atoms with van der Waals surface area (Å²) < 4.78 is 4.84. The molecule has 314 valence electrons. The highest BCUT2D eigenvalue weighted by molar-refractivity contribution is 6.28. The molecule has 0 atom stereocenters. The number of rotatable bonds is 4. The molecule has 0 amide bonds. The van der Waals surface area contributed by atoms with Gasteiger partial charge in [-0.3, -0.25) is 0 Å². The summed E-state index contributed by atoms with van der Waals surface area (Å²) in [4.78, 5) is 0. The van der Waals surface area contributed by atoms with Crippen LogP contribution in [0.15, 0.2) is 243 Å². The quantitative estimate of drug-likeness (QED) is 0.156. The minimum atomic E-state index is 1.15. The minimum absolute atomic E-state index is 1.15. The molecular weight excluding hydrogens is 821 g/mol. The summed E-state index contributed by atoms with van der Waals surface area (Å²) >= 11 is 0. The normalized spacial score (nSPS) is 12.1. The van der Waals surface area contributed by atoms with Gasteiger partial charge in [0.2, 0.25) is 0 Å². The number of hydrogen-bond donors (Lipinski definition) is 0. The molecule has 0 saturated carbocycles. The van der Waals surface area contributed by atoms with E-state index in [1.54, 1.807) is 0 Å². The lowest BCUT2D eigenvalue weighted by Gasteiger charge is -2.15. The molecule has 15 aromatic rings. The Balaban J connectivity index is 0.892. The van der Waals surface area contributed by atoms with E-state index in [0.717, 1.165) is 5.69 Å². The molecule has 0 unspecified atom stereocenters. The van der Waals surface area contributed by atoms with E-state index in [1.807, 2.05) is 0 Å². The van der Waals surface area contributed by atoms with Crippen molar-refractivity contribution in [2.24, 2.45) is 0 Å². The van der Waals surface area contributed by atoms with Crippen molar-refractivity contribution in [3.63, 3.8) is 0 Å². The lowest BCUT2D eigenvalue weighted by molar-refractivity contribution is 1.18. The van der Waals surface area contributed by atoms with Crippen LogP contribution in [0, 0.1) is 0 Å². The van der Waals surface area contributed by atoms with Gasteiger partial charge in [0.15, 0.2) is 0 Å². The van der Waals surface area contributed by atoms with E-state index >= 15 is 0 Å². The first kappa shape index (κ1) is 37.3. The van der Waals surface area contributed by atoms with Crippen LogP contribution in [-0.4, -0.2) is 9.13 Å². The number of nitrogens with zero attached hydrogens (tertiary/aromatic N) is 2. The number of aromatic nitrogens is 2. The van der Waals surface area contributed by atoms with Crippen LogP contribution in [0.25, 0.3) is 142 Å². The van der Waals surface area contributed by atoms with Gasteiger partial charge in [0.05, 0.1) is 22.1 Å². The van der Waals surface area contributed by atoms with Crippen molar-refractivity contribution in [3.8, 4) is 33.6 Å². The van der Waals surface area contributed by atoms with E-state index < -0.39 is 0 Å². The zero-order chi connectivity index (χ0) is 44.5. The van der Waals surface area contributed by atoms with E-state index in [4.69, 9.17) is 0 Å². The lowest BCUT2D eigenvalue weighted by Crippen LogP contribution is -1.95. The molecule has 2 aromatic heterocycles. The third-order valence-electron chi connectivity index (χ3n) is 14.8. The summed E-state index contributed by atoms with van der Waals surface area (Å²) in [6.45, 7) is 0. The zero-order valence-electron chi connectivity index (χ0n) is 37.0. The Morgan fingerprint density at radius 1 is 0.162 bits per heavy atom. The molecule has 0 fully saturated rings. The summed E-state index contributed by atoms with van der Waals surface area (Å²) in [5.74, 6) is 0. The molecular formula is C66H40N2. The summed E-state index contributed by atoms with van der Waals surface area (Å²) in [6.07, 6.45) is 0. The fraction of sp³-hybridized carbons (Fsp3) is 0. The van der Waals surface area contributed by atoms with Crippen LogP contribution < -0.4 is 0 Å². The second-order valence-corrected chi connectivity index (χ2v) is 18.4. The number of fused-ring (bicyclic) bond motifs is 18. The third kappa shape index (κ3) is 5.34. The van der Waals surface area contributed by atoms with Crippen molar-refractivity contribution >= 4 is 108 Å².